The van der Waals surface area contributed by atoms with E-state index in [4.69, 9.17) is 9.84 Å². The van der Waals surface area contributed by atoms with Gasteiger partial charge >= 0.3 is 6.09 Å². The average Bonchev–Trinajstić information content (AvgIpc) is 3.45. The van der Waals surface area contributed by atoms with Gasteiger partial charge in [-0.25, -0.2) is 9.18 Å². The van der Waals surface area contributed by atoms with Gasteiger partial charge in [0.25, 0.3) is 0 Å². The van der Waals surface area contributed by atoms with Crippen LogP contribution in [-0.2, 0) is 29.2 Å². The van der Waals surface area contributed by atoms with E-state index in [1.165, 1.54) is 17.9 Å². The quantitative estimate of drug-likeness (QED) is 0.621. The lowest BCUT2D eigenvalue weighted by Crippen LogP contribution is -2.33. The Kier molecular flexibility index (Phi) is 6.83. The molecule has 0 spiro atoms. The van der Waals surface area contributed by atoms with Gasteiger partial charge in [0.05, 0.1) is 43.2 Å². The maximum absolute atomic E-state index is 15.0. The zero-order valence-corrected chi connectivity index (χ0v) is 19.4. The van der Waals surface area contributed by atoms with Crippen LogP contribution in [0.25, 0.3) is 0 Å². The normalized spacial score (nSPS) is 17.6. The molecule has 1 fully saturated rings. The summed E-state index contributed by atoms with van der Waals surface area (Å²) in [4.78, 5) is 29.0. The summed E-state index contributed by atoms with van der Waals surface area (Å²) < 4.78 is 22.3. The number of ether oxygens (including phenoxy) is 1. The van der Waals surface area contributed by atoms with Crippen molar-refractivity contribution >= 4 is 23.4 Å². The monoisotopic (exact) mass is 458 g/mol. The van der Waals surface area contributed by atoms with Crippen molar-refractivity contribution in [3.8, 4) is 0 Å². The highest BCUT2D eigenvalue weighted by atomic mass is 19.1. The molecular formula is C23H31FN6O3. The van der Waals surface area contributed by atoms with Gasteiger partial charge in [0.1, 0.15) is 11.9 Å². The van der Waals surface area contributed by atoms with Crippen LogP contribution in [0.3, 0.4) is 0 Å². The van der Waals surface area contributed by atoms with E-state index < -0.39 is 18.0 Å². The van der Waals surface area contributed by atoms with Gasteiger partial charge in [-0.3, -0.25) is 14.4 Å². The number of rotatable bonds is 9. The number of carbonyl (C=O) groups excluding carboxylic acids is 2. The second-order valence-corrected chi connectivity index (χ2v) is 8.44. The van der Waals surface area contributed by atoms with Crippen LogP contribution in [0.5, 0.6) is 0 Å². The minimum absolute atomic E-state index is 0.193. The molecule has 178 valence electrons. The number of cyclic esters (lactones) is 1. The van der Waals surface area contributed by atoms with E-state index in [-0.39, 0.29) is 19.0 Å². The summed E-state index contributed by atoms with van der Waals surface area (Å²) in [7, 11) is 0. The largest absolute Gasteiger partial charge is 0.442 e. The van der Waals surface area contributed by atoms with Crippen molar-refractivity contribution in [3.63, 3.8) is 0 Å². The van der Waals surface area contributed by atoms with Crippen molar-refractivity contribution in [2.75, 3.05) is 42.5 Å². The molecule has 0 saturated carbocycles. The van der Waals surface area contributed by atoms with Crippen LogP contribution in [0.4, 0.5) is 20.6 Å². The summed E-state index contributed by atoms with van der Waals surface area (Å²) in [5, 5.41) is 7.33. The molecule has 2 aromatic rings. The summed E-state index contributed by atoms with van der Waals surface area (Å²) in [6.07, 6.45) is 1.05. The number of fused-ring (bicyclic) bond motifs is 1. The van der Waals surface area contributed by atoms with Gasteiger partial charge in [0, 0.05) is 31.8 Å². The van der Waals surface area contributed by atoms with E-state index in [9.17, 15) is 9.59 Å². The van der Waals surface area contributed by atoms with Crippen LogP contribution in [-0.4, -0.2) is 65.5 Å². The van der Waals surface area contributed by atoms with Crippen LogP contribution in [0.15, 0.2) is 24.4 Å². The number of benzene rings is 1. The van der Waals surface area contributed by atoms with Crippen LogP contribution in [0.1, 0.15) is 32.0 Å². The van der Waals surface area contributed by atoms with E-state index in [2.05, 4.69) is 30.3 Å². The molecule has 1 aromatic heterocycles. The van der Waals surface area contributed by atoms with Gasteiger partial charge in [-0.2, -0.15) is 5.10 Å². The third kappa shape index (κ3) is 5.11. The first-order chi connectivity index (χ1) is 15.9. The third-order valence-electron chi connectivity index (χ3n) is 6.20. The third-order valence-corrected chi connectivity index (χ3v) is 6.20. The van der Waals surface area contributed by atoms with Gasteiger partial charge in [-0.15, -0.1) is 0 Å². The Hall–Kier alpha value is -3.14. The number of hydrogen-bond donors (Lipinski definition) is 1. The summed E-state index contributed by atoms with van der Waals surface area (Å²) in [5.74, 6) is -0.591. The lowest BCUT2D eigenvalue weighted by molar-refractivity contribution is -0.119. The molecule has 0 aliphatic carbocycles. The van der Waals surface area contributed by atoms with Crippen molar-refractivity contribution in [3.05, 3.63) is 41.5 Å². The van der Waals surface area contributed by atoms with Crippen LogP contribution < -0.4 is 15.1 Å². The highest BCUT2D eigenvalue weighted by Crippen LogP contribution is 2.32. The minimum atomic E-state index is -0.544. The second-order valence-electron chi connectivity index (χ2n) is 8.44. The molecule has 2 amide bonds. The number of hydrogen-bond acceptors (Lipinski definition) is 6. The summed E-state index contributed by atoms with van der Waals surface area (Å²) in [5.41, 5.74) is 3.00. The molecule has 0 bridgehead atoms. The molecule has 0 radical (unpaired) electrons. The Balaban J connectivity index is 1.38. The smallest absolute Gasteiger partial charge is 0.414 e. The van der Waals surface area contributed by atoms with E-state index in [1.807, 2.05) is 9.58 Å². The lowest BCUT2D eigenvalue weighted by Gasteiger charge is -2.21. The predicted molar refractivity (Wildman–Crippen MR) is 123 cm³/mol. The number of amides is 2. The highest BCUT2D eigenvalue weighted by Gasteiger charge is 2.33. The summed E-state index contributed by atoms with van der Waals surface area (Å²) >= 11 is 0. The molecule has 1 N–H and O–H groups in total. The molecule has 2 aliphatic heterocycles. The van der Waals surface area contributed by atoms with Gasteiger partial charge < -0.3 is 19.9 Å². The van der Waals surface area contributed by atoms with Gasteiger partial charge in [0.15, 0.2) is 0 Å². The minimum Gasteiger partial charge on any atom is -0.442 e. The van der Waals surface area contributed by atoms with E-state index in [0.717, 1.165) is 37.4 Å². The maximum Gasteiger partial charge on any atom is 0.414 e. The molecule has 1 saturated heterocycles. The van der Waals surface area contributed by atoms with Crippen LogP contribution in [0.2, 0.25) is 0 Å². The fraction of sp³-hybridized carbons (Fsp3) is 0.522. The van der Waals surface area contributed by atoms with Gasteiger partial charge in [-0.05, 0) is 31.3 Å². The number of likely N-dealkylation sites (N-methyl/N-ethyl adjacent to an activating group) is 1. The molecule has 33 heavy (non-hydrogen) atoms. The first-order valence-corrected chi connectivity index (χ1v) is 11.4. The first-order valence-electron chi connectivity index (χ1n) is 11.4. The van der Waals surface area contributed by atoms with Gasteiger partial charge in [-0.1, -0.05) is 13.8 Å². The van der Waals surface area contributed by atoms with Crippen molar-refractivity contribution in [2.45, 2.75) is 46.5 Å². The highest BCUT2D eigenvalue weighted by molar-refractivity contribution is 5.90. The topological polar surface area (TPSA) is 82.9 Å². The van der Waals surface area contributed by atoms with Gasteiger partial charge in [0.2, 0.25) is 5.91 Å². The Morgan fingerprint density at radius 3 is 2.76 bits per heavy atom. The molecule has 10 heteroatoms. The predicted octanol–water partition coefficient (Wildman–Crippen LogP) is 2.35. The second kappa shape index (κ2) is 9.78. The Morgan fingerprint density at radius 2 is 2.09 bits per heavy atom. The van der Waals surface area contributed by atoms with E-state index in [1.54, 1.807) is 12.1 Å². The zero-order valence-electron chi connectivity index (χ0n) is 19.4. The number of halogens is 1. The van der Waals surface area contributed by atoms with Crippen molar-refractivity contribution in [2.24, 2.45) is 0 Å². The van der Waals surface area contributed by atoms with Crippen molar-refractivity contribution < 1.29 is 18.7 Å². The fourth-order valence-electron chi connectivity index (χ4n) is 4.30. The maximum atomic E-state index is 15.0. The van der Waals surface area contributed by atoms with Crippen molar-refractivity contribution in [1.29, 1.82) is 0 Å². The number of nitrogens with zero attached hydrogens (tertiary/aromatic N) is 5. The Labute approximate surface area is 193 Å². The first kappa shape index (κ1) is 23.0. The lowest BCUT2D eigenvalue weighted by atomic mass is 10.2. The van der Waals surface area contributed by atoms with Crippen LogP contribution in [0, 0.1) is 5.82 Å². The molecule has 1 aromatic carbocycles. The number of aromatic nitrogens is 2. The number of nitrogens with one attached hydrogen (secondary N) is 1. The van der Waals surface area contributed by atoms with E-state index >= 15 is 4.39 Å². The molecule has 9 nitrogen and oxygen atoms in total. The average molecular weight is 459 g/mol. The van der Waals surface area contributed by atoms with Crippen LogP contribution >= 0.6 is 0 Å². The molecule has 1 atom stereocenters. The summed E-state index contributed by atoms with van der Waals surface area (Å²) in [6, 6.07) is 4.78. The van der Waals surface area contributed by atoms with E-state index in [0.29, 0.717) is 24.5 Å². The molecule has 0 unspecified atom stereocenters. The van der Waals surface area contributed by atoms with Crippen molar-refractivity contribution in [1.82, 2.24) is 20.0 Å². The summed E-state index contributed by atoms with van der Waals surface area (Å²) in [6.45, 7) is 11.2. The fourth-order valence-corrected chi connectivity index (χ4v) is 4.30. The zero-order chi connectivity index (χ0) is 23.5. The number of anilines is 2. The molecular weight excluding hydrogens is 427 g/mol. The molecule has 2 aliphatic rings. The SMILES string of the molecule is CCN(CC)CCn1cc2c(n1)CN(c1ccc(N3C[C@H](CNC(C)=O)OC3=O)cc1F)C2. The Bertz CT molecular complexity index is 998. The standard InChI is InChI=1S/C23H31FN6O3/c1-4-27(5-2)8-9-29-13-17-12-28(15-21(17)26-29)22-7-6-18(10-20(22)24)30-14-19(33-23(30)32)11-25-16(3)31/h6-7,10,13,19H,4-5,8-9,11-12,14-15H2,1-3H3,(H,25,31)/t19-/m0/s1. The Morgan fingerprint density at radius 1 is 1.30 bits per heavy atom. The number of carbonyl (C=O) groups is 2. The molecule has 4 rings (SSSR count). The molecule has 3 heterocycles.